The van der Waals surface area contributed by atoms with Gasteiger partial charge in [-0.15, -0.1) is 0 Å². The second kappa shape index (κ2) is 4.73. The minimum absolute atomic E-state index is 0.0538. The van der Waals surface area contributed by atoms with Gasteiger partial charge in [0.1, 0.15) is 4.64 Å². The standard InChI is InChI=1S/C12H10F3N3S/c1-6-7(2)11(19)18-17-10(6)8-5-16-4-3-9(8)12(13,14)15/h3-5H,1-2H3,(H,18,19). The van der Waals surface area contributed by atoms with Crippen molar-refractivity contribution in [3.05, 3.63) is 39.8 Å². The number of halogens is 3. The van der Waals surface area contributed by atoms with Gasteiger partial charge >= 0.3 is 6.18 Å². The molecule has 0 radical (unpaired) electrons. The smallest absolute Gasteiger partial charge is 0.267 e. The van der Waals surface area contributed by atoms with Crippen LogP contribution in [0.15, 0.2) is 18.5 Å². The number of H-pyrrole nitrogens is 1. The summed E-state index contributed by atoms with van der Waals surface area (Å²) in [7, 11) is 0. The average Bonchev–Trinajstić information content (AvgIpc) is 2.35. The molecule has 2 heterocycles. The van der Waals surface area contributed by atoms with E-state index in [9.17, 15) is 13.2 Å². The molecular weight excluding hydrogens is 275 g/mol. The van der Waals surface area contributed by atoms with E-state index in [2.05, 4.69) is 15.2 Å². The first-order chi connectivity index (χ1) is 8.82. The fraction of sp³-hybridized carbons (Fsp3) is 0.250. The molecule has 0 aliphatic heterocycles. The highest BCUT2D eigenvalue weighted by Gasteiger charge is 2.34. The van der Waals surface area contributed by atoms with E-state index in [4.69, 9.17) is 12.2 Å². The molecule has 0 aliphatic carbocycles. The first-order valence-electron chi connectivity index (χ1n) is 5.40. The van der Waals surface area contributed by atoms with Crippen molar-refractivity contribution in [3.63, 3.8) is 0 Å². The van der Waals surface area contributed by atoms with Gasteiger partial charge in [-0.05, 0) is 31.0 Å². The summed E-state index contributed by atoms with van der Waals surface area (Å²) in [5, 5.41) is 6.47. The molecule has 19 heavy (non-hydrogen) atoms. The number of aromatic amines is 1. The molecule has 0 saturated heterocycles. The highest BCUT2D eigenvalue weighted by Crippen LogP contribution is 2.36. The van der Waals surface area contributed by atoms with Crippen LogP contribution < -0.4 is 0 Å². The van der Waals surface area contributed by atoms with Gasteiger partial charge in [0, 0.05) is 18.0 Å². The number of hydrogen-bond acceptors (Lipinski definition) is 3. The first kappa shape index (κ1) is 13.7. The van der Waals surface area contributed by atoms with Crippen LogP contribution in [-0.2, 0) is 6.18 Å². The lowest BCUT2D eigenvalue weighted by Crippen LogP contribution is -2.09. The Bertz CT molecular complexity index is 677. The number of nitrogens with one attached hydrogen (secondary N) is 1. The van der Waals surface area contributed by atoms with Crippen LogP contribution in [0.25, 0.3) is 11.3 Å². The third-order valence-electron chi connectivity index (χ3n) is 2.91. The summed E-state index contributed by atoms with van der Waals surface area (Å²) >= 11 is 5.00. The van der Waals surface area contributed by atoms with E-state index in [1.165, 1.54) is 0 Å². The molecule has 0 spiro atoms. The van der Waals surface area contributed by atoms with Crippen molar-refractivity contribution in [1.82, 2.24) is 15.2 Å². The average molecular weight is 285 g/mol. The fourth-order valence-corrected chi connectivity index (χ4v) is 1.91. The molecule has 2 aromatic rings. The Labute approximate surface area is 112 Å². The number of nitrogens with zero attached hydrogens (tertiary/aromatic N) is 2. The predicted molar refractivity (Wildman–Crippen MR) is 67.1 cm³/mol. The lowest BCUT2D eigenvalue weighted by molar-refractivity contribution is -0.137. The lowest BCUT2D eigenvalue weighted by Gasteiger charge is -2.13. The normalized spacial score (nSPS) is 11.6. The lowest BCUT2D eigenvalue weighted by atomic mass is 10.0. The van der Waals surface area contributed by atoms with Gasteiger partial charge in [-0.1, -0.05) is 12.2 Å². The van der Waals surface area contributed by atoms with Crippen molar-refractivity contribution in [3.8, 4) is 11.3 Å². The van der Waals surface area contributed by atoms with E-state index in [1.807, 2.05) is 0 Å². The summed E-state index contributed by atoms with van der Waals surface area (Å²) < 4.78 is 39.3. The summed E-state index contributed by atoms with van der Waals surface area (Å²) in [5.41, 5.74) is 0.718. The third kappa shape index (κ3) is 2.51. The maximum Gasteiger partial charge on any atom is 0.417 e. The number of pyridine rings is 1. The Morgan fingerprint density at radius 2 is 1.89 bits per heavy atom. The van der Waals surface area contributed by atoms with Crippen LogP contribution in [0.2, 0.25) is 0 Å². The number of rotatable bonds is 1. The van der Waals surface area contributed by atoms with Gasteiger partial charge < -0.3 is 0 Å². The molecule has 0 atom stereocenters. The second-order valence-electron chi connectivity index (χ2n) is 4.07. The van der Waals surface area contributed by atoms with Gasteiger partial charge in [0.25, 0.3) is 0 Å². The van der Waals surface area contributed by atoms with Gasteiger partial charge in [-0.25, -0.2) is 0 Å². The molecule has 100 valence electrons. The highest BCUT2D eigenvalue weighted by molar-refractivity contribution is 7.71. The van der Waals surface area contributed by atoms with Crippen LogP contribution in [0, 0.1) is 18.5 Å². The third-order valence-corrected chi connectivity index (χ3v) is 3.31. The molecule has 3 nitrogen and oxygen atoms in total. The monoisotopic (exact) mass is 285 g/mol. The Kier molecular flexibility index (Phi) is 3.40. The zero-order chi connectivity index (χ0) is 14.2. The molecule has 7 heteroatoms. The van der Waals surface area contributed by atoms with Crippen LogP contribution in [0.3, 0.4) is 0 Å². The highest BCUT2D eigenvalue weighted by atomic mass is 32.1. The van der Waals surface area contributed by atoms with Crippen LogP contribution in [0.1, 0.15) is 16.7 Å². The number of hydrogen-bond donors (Lipinski definition) is 1. The maximum absolute atomic E-state index is 13.0. The predicted octanol–water partition coefficient (Wildman–Crippen LogP) is 3.84. The molecule has 2 aromatic heterocycles. The second-order valence-corrected chi connectivity index (χ2v) is 4.48. The van der Waals surface area contributed by atoms with Crippen LogP contribution in [0.5, 0.6) is 0 Å². The van der Waals surface area contributed by atoms with Gasteiger partial charge in [0.2, 0.25) is 0 Å². The SMILES string of the molecule is Cc1c(-c2cnccc2C(F)(F)F)n[nH]c(=S)c1C. The van der Waals surface area contributed by atoms with E-state index in [0.717, 1.165) is 18.5 Å². The van der Waals surface area contributed by atoms with Gasteiger partial charge in [0.05, 0.1) is 11.3 Å². The molecule has 1 N–H and O–H groups in total. The van der Waals surface area contributed by atoms with Gasteiger partial charge in [0.15, 0.2) is 0 Å². The van der Waals surface area contributed by atoms with E-state index >= 15 is 0 Å². The van der Waals surface area contributed by atoms with Crippen molar-refractivity contribution < 1.29 is 13.2 Å². The molecule has 0 fully saturated rings. The van der Waals surface area contributed by atoms with Crippen LogP contribution in [0.4, 0.5) is 13.2 Å². The molecule has 0 saturated carbocycles. The summed E-state index contributed by atoms with van der Waals surface area (Å²) in [6.45, 7) is 3.43. The quantitative estimate of drug-likeness (QED) is 0.809. The Morgan fingerprint density at radius 3 is 2.53 bits per heavy atom. The summed E-state index contributed by atoms with van der Waals surface area (Å²) in [6, 6.07) is 0.938. The van der Waals surface area contributed by atoms with Gasteiger partial charge in [-0.2, -0.15) is 18.3 Å². The molecule has 0 bridgehead atoms. The molecule has 2 rings (SSSR count). The van der Waals surface area contributed by atoms with Crippen molar-refractivity contribution in [1.29, 1.82) is 0 Å². The summed E-state index contributed by atoms with van der Waals surface area (Å²) in [6.07, 6.45) is -2.18. The largest absolute Gasteiger partial charge is 0.417 e. The number of aromatic nitrogens is 3. The van der Waals surface area contributed by atoms with Crippen LogP contribution in [-0.4, -0.2) is 15.2 Å². The Balaban J connectivity index is 2.74. The molecular formula is C12H10F3N3S. The van der Waals surface area contributed by atoms with Crippen molar-refractivity contribution >= 4 is 12.2 Å². The summed E-state index contributed by atoms with van der Waals surface area (Å²) in [4.78, 5) is 3.75. The molecule has 0 amide bonds. The first-order valence-corrected chi connectivity index (χ1v) is 5.80. The van der Waals surface area contributed by atoms with E-state index in [-0.39, 0.29) is 11.3 Å². The molecule has 0 unspecified atom stereocenters. The zero-order valence-corrected chi connectivity index (χ0v) is 11.0. The van der Waals surface area contributed by atoms with Crippen molar-refractivity contribution in [2.24, 2.45) is 0 Å². The fourth-order valence-electron chi connectivity index (χ4n) is 1.71. The molecule has 0 aliphatic rings. The van der Waals surface area contributed by atoms with E-state index in [1.54, 1.807) is 13.8 Å². The Morgan fingerprint density at radius 1 is 1.21 bits per heavy atom. The minimum Gasteiger partial charge on any atom is -0.267 e. The maximum atomic E-state index is 13.0. The minimum atomic E-state index is -4.45. The van der Waals surface area contributed by atoms with Crippen molar-refractivity contribution in [2.75, 3.05) is 0 Å². The Hall–Kier alpha value is -1.76. The zero-order valence-electron chi connectivity index (χ0n) is 10.2. The van der Waals surface area contributed by atoms with E-state index in [0.29, 0.717) is 15.8 Å². The van der Waals surface area contributed by atoms with E-state index < -0.39 is 11.7 Å². The van der Waals surface area contributed by atoms with Crippen molar-refractivity contribution in [2.45, 2.75) is 20.0 Å². The van der Waals surface area contributed by atoms with Crippen LogP contribution >= 0.6 is 12.2 Å². The topological polar surface area (TPSA) is 41.6 Å². The van der Waals surface area contributed by atoms with Gasteiger partial charge in [-0.3, -0.25) is 10.1 Å². The summed E-state index contributed by atoms with van der Waals surface area (Å²) in [5.74, 6) is 0. The number of alkyl halides is 3. The molecule has 0 aromatic carbocycles.